The van der Waals surface area contributed by atoms with E-state index in [2.05, 4.69) is 60.8 Å². The number of hydrogen-bond acceptors (Lipinski definition) is 0. The van der Waals surface area contributed by atoms with Gasteiger partial charge in [0, 0.05) is 0 Å². The minimum Gasteiger partial charge on any atom is -0.0845 e. The molecule has 1 rings (SSSR count). The van der Waals surface area contributed by atoms with E-state index in [1.807, 2.05) is 0 Å². The van der Waals surface area contributed by atoms with Crippen LogP contribution in [0.25, 0.3) is 0 Å². The van der Waals surface area contributed by atoms with E-state index in [9.17, 15) is 0 Å². The van der Waals surface area contributed by atoms with Gasteiger partial charge in [-0.15, -0.1) is 0 Å². The van der Waals surface area contributed by atoms with Crippen molar-refractivity contribution in [3.05, 3.63) is 60.8 Å². The Morgan fingerprint density at radius 2 is 0.500 bits per heavy atom. The van der Waals surface area contributed by atoms with Gasteiger partial charge >= 0.3 is 0 Å². The Balaban J connectivity index is 2.25. The normalized spacial score (nSPS) is 20.7. The highest BCUT2D eigenvalue weighted by molar-refractivity contribution is 5.17. The van der Waals surface area contributed by atoms with Crippen molar-refractivity contribution in [1.82, 2.24) is 0 Å². The van der Waals surface area contributed by atoms with Crippen LogP contribution in [0.2, 0.25) is 0 Å². The first-order valence-corrected chi connectivity index (χ1v) is 10.3. The van der Waals surface area contributed by atoms with Crippen molar-refractivity contribution < 1.29 is 0 Å². The van der Waals surface area contributed by atoms with E-state index in [1.165, 1.54) is 89.9 Å². The molecule has 0 radical (unpaired) electrons. The highest BCUT2D eigenvalue weighted by Crippen LogP contribution is 2.13. The van der Waals surface area contributed by atoms with E-state index in [0.29, 0.717) is 0 Å². The van der Waals surface area contributed by atoms with Crippen molar-refractivity contribution in [3.8, 4) is 0 Å². The largest absolute Gasteiger partial charge is 0.0845 e. The lowest BCUT2D eigenvalue weighted by atomic mass is 10.0. The molecule has 0 N–H and O–H groups in total. The van der Waals surface area contributed by atoms with Gasteiger partial charge < -0.3 is 0 Å². The van der Waals surface area contributed by atoms with Gasteiger partial charge in [-0.3, -0.25) is 0 Å². The third-order valence-electron chi connectivity index (χ3n) is 4.54. The van der Waals surface area contributed by atoms with E-state index in [-0.39, 0.29) is 0 Å². The maximum Gasteiger partial charge on any atom is -0.0348 e. The molecule has 24 heavy (non-hydrogen) atoms. The summed E-state index contributed by atoms with van der Waals surface area (Å²) in [5.41, 5.74) is 0. The van der Waals surface area contributed by atoms with Crippen LogP contribution < -0.4 is 0 Å². The van der Waals surface area contributed by atoms with Crippen molar-refractivity contribution in [2.24, 2.45) is 0 Å². The lowest BCUT2D eigenvalue weighted by Crippen LogP contribution is -1.82. The summed E-state index contributed by atoms with van der Waals surface area (Å²) in [5.74, 6) is 0. The summed E-state index contributed by atoms with van der Waals surface area (Å²) >= 11 is 0. The fraction of sp³-hybridized carbons (Fsp3) is 0.583. The number of allylic oxidation sites excluding steroid dienone is 10. The zero-order chi connectivity index (χ0) is 17.0. The highest BCUT2D eigenvalue weighted by Gasteiger charge is 1.93. The number of rotatable bonds is 0. The van der Waals surface area contributed by atoms with Gasteiger partial charge in [0.15, 0.2) is 0 Å². The van der Waals surface area contributed by atoms with E-state index in [4.69, 9.17) is 0 Å². The first-order valence-electron chi connectivity index (χ1n) is 10.3. The van der Waals surface area contributed by atoms with Crippen LogP contribution in [0.3, 0.4) is 0 Å². The van der Waals surface area contributed by atoms with E-state index >= 15 is 0 Å². The molecule has 0 aromatic carbocycles. The van der Waals surface area contributed by atoms with Crippen LogP contribution in [0.4, 0.5) is 0 Å². The molecule has 0 atom stereocenters. The number of hydrogen-bond donors (Lipinski definition) is 0. The van der Waals surface area contributed by atoms with Gasteiger partial charge in [0.25, 0.3) is 0 Å². The molecule has 0 heterocycles. The first kappa shape index (κ1) is 20.7. The third kappa shape index (κ3) is 15.6. The summed E-state index contributed by atoms with van der Waals surface area (Å²) in [7, 11) is 0. The second-order valence-electron chi connectivity index (χ2n) is 6.83. The summed E-state index contributed by atoms with van der Waals surface area (Å²) < 4.78 is 0. The predicted molar refractivity (Wildman–Crippen MR) is 110 cm³/mol. The van der Waals surface area contributed by atoms with E-state index in [0.717, 1.165) is 0 Å². The molecule has 0 saturated carbocycles. The van der Waals surface area contributed by atoms with Crippen LogP contribution in [0, 0.1) is 0 Å². The maximum atomic E-state index is 2.29. The Morgan fingerprint density at radius 3 is 0.833 bits per heavy atom. The molecule has 0 nitrogen and oxygen atoms in total. The van der Waals surface area contributed by atoms with Crippen LogP contribution in [-0.2, 0) is 0 Å². The second kappa shape index (κ2) is 18.0. The first-order chi connectivity index (χ1) is 12.0. The van der Waals surface area contributed by atoms with Crippen molar-refractivity contribution in [3.63, 3.8) is 0 Å². The molecule has 0 amide bonds. The molecule has 0 aliphatic heterocycles. The molecule has 0 spiro atoms. The monoisotopic (exact) mass is 326 g/mol. The van der Waals surface area contributed by atoms with Crippen LogP contribution in [-0.4, -0.2) is 0 Å². The fourth-order valence-corrected chi connectivity index (χ4v) is 3.03. The average Bonchev–Trinajstić information content (AvgIpc) is 2.59. The van der Waals surface area contributed by atoms with Crippen molar-refractivity contribution >= 4 is 0 Å². The third-order valence-corrected chi connectivity index (χ3v) is 4.54. The van der Waals surface area contributed by atoms with Crippen molar-refractivity contribution in [1.29, 1.82) is 0 Å². The molecule has 0 heteroatoms. The Hall–Kier alpha value is -1.30. The molecule has 0 aromatic rings. The Labute approximate surface area is 151 Å². The van der Waals surface area contributed by atoms with Gasteiger partial charge in [0.1, 0.15) is 0 Å². The lowest BCUT2D eigenvalue weighted by molar-refractivity contribution is 0.542. The van der Waals surface area contributed by atoms with Crippen LogP contribution >= 0.6 is 0 Å². The molecule has 0 aromatic heterocycles. The highest BCUT2D eigenvalue weighted by atomic mass is 14.0. The molecule has 1 aliphatic rings. The molecule has 0 fully saturated rings. The molecule has 1 aliphatic carbocycles. The summed E-state index contributed by atoms with van der Waals surface area (Å²) in [5, 5.41) is 0. The SMILES string of the molecule is C1=CC=CC=CCCCCCCCCCCCCCCC=CC=C1. The molecule has 134 valence electrons. The van der Waals surface area contributed by atoms with Gasteiger partial charge in [-0.1, -0.05) is 125 Å². The molecular formula is C24H38. The van der Waals surface area contributed by atoms with Crippen LogP contribution in [0.5, 0.6) is 0 Å². The van der Waals surface area contributed by atoms with Gasteiger partial charge in [-0.05, 0) is 25.7 Å². The van der Waals surface area contributed by atoms with Gasteiger partial charge in [-0.2, -0.15) is 0 Å². The molecular weight excluding hydrogens is 288 g/mol. The minimum absolute atomic E-state index is 1.22. The van der Waals surface area contributed by atoms with Gasteiger partial charge in [0.2, 0.25) is 0 Å². The molecule has 0 saturated heterocycles. The lowest BCUT2D eigenvalue weighted by Gasteiger charge is -2.02. The zero-order valence-corrected chi connectivity index (χ0v) is 15.7. The standard InChI is InChI=1S/C24H38/c1-2-4-6-8-10-12-14-16-18-20-22-24-23-21-19-17-15-13-11-9-7-5-3-1/h1-10H,11-24H2. The second-order valence-corrected chi connectivity index (χ2v) is 6.83. The summed E-state index contributed by atoms with van der Waals surface area (Å²) in [6.45, 7) is 0. The fourth-order valence-electron chi connectivity index (χ4n) is 3.03. The Bertz CT molecular complexity index is 354. The molecule has 0 bridgehead atoms. The Morgan fingerprint density at radius 1 is 0.250 bits per heavy atom. The summed E-state index contributed by atoms with van der Waals surface area (Å²) in [4.78, 5) is 0. The minimum atomic E-state index is 1.22. The average molecular weight is 327 g/mol. The summed E-state index contributed by atoms with van der Waals surface area (Å²) in [6.07, 6.45) is 41.0. The van der Waals surface area contributed by atoms with Crippen molar-refractivity contribution in [2.45, 2.75) is 89.9 Å². The quantitative estimate of drug-likeness (QED) is 0.420. The summed E-state index contributed by atoms with van der Waals surface area (Å²) in [6, 6.07) is 0. The van der Waals surface area contributed by atoms with Crippen LogP contribution in [0.1, 0.15) is 89.9 Å². The zero-order valence-electron chi connectivity index (χ0n) is 15.7. The molecule has 0 unspecified atom stereocenters. The topological polar surface area (TPSA) is 0 Å². The van der Waals surface area contributed by atoms with Gasteiger partial charge in [-0.25, -0.2) is 0 Å². The maximum absolute atomic E-state index is 2.29. The van der Waals surface area contributed by atoms with Gasteiger partial charge in [0.05, 0.1) is 0 Å². The van der Waals surface area contributed by atoms with E-state index in [1.54, 1.807) is 0 Å². The smallest absolute Gasteiger partial charge is 0.0348 e. The predicted octanol–water partition coefficient (Wildman–Crippen LogP) is 8.24. The van der Waals surface area contributed by atoms with Crippen LogP contribution in [0.15, 0.2) is 60.8 Å². The van der Waals surface area contributed by atoms with E-state index < -0.39 is 0 Å². The Kier molecular flexibility index (Phi) is 15.6. The van der Waals surface area contributed by atoms with Crippen molar-refractivity contribution in [2.75, 3.05) is 0 Å².